The molecule has 0 bridgehead atoms. The molecule has 0 rings (SSSR count). The molecule has 1 atom stereocenters. The van der Waals surface area contributed by atoms with Gasteiger partial charge in [-0.2, -0.15) is 0 Å². The fourth-order valence-corrected chi connectivity index (χ4v) is 7.09. The first-order valence-corrected chi connectivity index (χ1v) is 9.54. The van der Waals surface area contributed by atoms with Gasteiger partial charge in [-0.15, -0.1) is 0 Å². The molecule has 0 aromatic rings. The van der Waals surface area contributed by atoms with Gasteiger partial charge in [-0.25, -0.2) is 0 Å². The number of hydrogen-bond donors (Lipinski definition) is 1. The summed E-state index contributed by atoms with van der Waals surface area (Å²) in [5.74, 6) is 1.29. The Labute approximate surface area is 85.1 Å². The Hall–Kier alpha value is 1.11. The molecule has 0 heterocycles. The minimum atomic E-state index is -0.0171. The van der Waals surface area contributed by atoms with E-state index in [0.29, 0.717) is 6.04 Å². The van der Waals surface area contributed by atoms with Gasteiger partial charge in [-0.1, -0.05) is 0 Å². The van der Waals surface area contributed by atoms with Crippen molar-refractivity contribution in [1.82, 2.24) is 0 Å². The molecule has 0 aliphatic carbocycles. The Morgan fingerprint density at radius 1 is 1.45 bits per heavy atom. The van der Waals surface area contributed by atoms with Crippen LogP contribution in [0.2, 0.25) is 4.44 Å². The molecule has 0 aliphatic heterocycles. The Morgan fingerprint density at radius 2 is 2.18 bits per heavy atom. The van der Waals surface area contributed by atoms with E-state index in [2.05, 4.69) is 25.6 Å². The van der Waals surface area contributed by atoms with Crippen molar-refractivity contribution < 1.29 is 0 Å². The van der Waals surface area contributed by atoms with Gasteiger partial charge in [-0.3, -0.25) is 0 Å². The SMILES string of the molecule is CCS[CH2][Sn+2][CH2]CC(N)CC. The Bertz CT molecular complexity index is 80.5. The number of hydrogen-bond acceptors (Lipinski definition) is 2. The van der Waals surface area contributed by atoms with E-state index in [1.54, 1.807) is 0 Å². The maximum atomic E-state index is 5.81. The van der Waals surface area contributed by atoms with E-state index >= 15 is 0 Å². The molecular weight excluding hydrogens is 261 g/mol. The summed E-state index contributed by atoms with van der Waals surface area (Å²) in [6, 6.07) is 0.488. The summed E-state index contributed by atoms with van der Waals surface area (Å²) in [6.07, 6.45) is 2.44. The Kier molecular flexibility index (Phi) is 10.1. The molecule has 0 amide bonds. The third kappa shape index (κ3) is 9.02. The standard InChI is InChI=1S/C5H12N.C3H7S.Sn/c1-3-5(6)4-2;1-3-4-2;/h5H,1,3-4,6H2,2H3;2-3H2,1H3;/q;;+2. The average molecular weight is 280 g/mol. The summed E-state index contributed by atoms with van der Waals surface area (Å²) < 4.78 is 2.96. The van der Waals surface area contributed by atoms with E-state index in [1.807, 2.05) is 0 Å². The summed E-state index contributed by atoms with van der Waals surface area (Å²) in [4.78, 5) is 0. The predicted octanol–water partition coefficient (Wildman–Crippen LogP) is 1.95. The molecule has 1 nitrogen and oxygen atoms in total. The summed E-state index contributed by atoms with van der Waals surface area (Å²) in [5, 5.41) is 0. The predicted molar refractivity (Wildman–Crippen MR) is 56.4 cm³/mol. The molecule has 0 saturated carbocycles. The molecule has 0 fully saturated rings. The van der Waals surface area contributed by atoms with Crippen LogP contribution >= 0.6 is 11.8 Å². The molecule has 0 aromatic carbocycles. The first-order valence-electron chi connectivity index (χ1n) is 4.35. The topological polar surface area (TPSA) is 26.0 Å². The molecule has 0 aromatic heterocycles. The first kappa shape index (κ1) is 12.1. The zero-order valence-electron chi connectivity index (χ0n) is 7.60. The van der Waals surface area contributed by atoms with Crippen molar-refractivity contribution in [3.05, 3.63) is 0 Å². The van der Waals surface area contributed by atoms with Gasteiger partial charge in [0.2, 0.25) is 0 Å². The van der Waals surface area contributed by atoms with Crippen molar-refractivity contribution in [1.29, 1.82) is 0 Å². The van der Waals surface area contributed by atoms with Crippen LogP contribution < -0.4 is 5.73 Å². The van der Waals surface area contributed by atoms with Crippen LogP contribution in [-0.2, 0) is 0 Å². The van der Waals surface area contributed by atoms with Crippen LogP contribution in [0.3, 0.4) is 0 Å². The normalized spacial score (nSPS) is 12.6. The zero-order chi connectivity index (χ0) is 8.53. The maximum absolute atomic E-state index is 5.81. The second-order valence-corrected chi connectivity index (χ2v) is 9.19. The van der Waals surface area contributed by atoms with Crippen molar-refractivity contribution in [2.75, 3.05) is 9.52 Å². The fraction of sp³-hybridized carbons (Fsp3) is 1.00. The number of thioether (sulfide) groups is 1. The average Bonchev–Trinajstić information content (AvgIpc) is 2.04. The molecule has 0 aliphatic rings. The minimum absolute atomic E-state index is 0.0171. The zero-order valence-corrected chi connectivity index (χ0v) is 11.3. The summed E-state index contributed by atoms with van der Waals surface area (Å²) in [7, 11) is 0. The summed E-state index contributed by atoms with van der Waals surface area (Å²) in [5.41, 5.74) is 5.81. The van der Waals surface area contributed by atoms with E-state index in [1.165, 1.54) is 20.4 Å². The van der Waals surface area contributed by atoms with Gasteiger partial charge in [-0.05, 0) is 0 Å². The Morgan fingerprint density at radius 3 is 2.73 bits per heavy atom. The fourth-order valence-electron chi connectivity index (χ4n) is 0.738. The molecule has 0 radical (unpaired) electrons. The Balaban J connectivity index is 2.89. The summed E-state index contributed by atoms with van der Waals surface area (Å²) >= 11 is 2.09. The third-order valence-corrected chi connectivity index (χ3v) is 7.77. The van der Waals surface area contributed by atoms with Crippen LogP contribution in [0.5, 0.6) is 0 Å². The van der Waals surface area contributed by atoms with E-state index in [4.69, 9.17) is 5.73 Å². The molecule has 0 spiro atoms. The molecule has 64 valence electrons. The van der Waals surface area contributed by atoms with E-state index in [0.717, 1.165) is 6.42 Å². The van der Waals surface area contributed by atoms with Gasteiger partial charge in [0.25, 0.3) is 0 Å². The molecule has 1 unspecified atom stereocenters. The van der Waals surface area contributed by atoms with Gasteiger partial charge in [0, 0.05) is 0 Å². The number of rotatable bonds is 7. The van der Waals surface area contributed by atoms with Crippen LogP contribution in [0.1, 0.15) is 26.7 Å². The quantitative estimate of drug-likeness (QED) is 0.569. The number of nitrogens with two attached hydrogens (primary N) is 1. The van der Waals surface area contributed by atoms with Gasteiger partial charge < -0.3 is 0 Å². The van der Waals surface area contributed by atoms with Crippen molar-refractivity contribution in [3.8, 4) is 0 Å². The second kappa shape index (κ2) is 9.20. The summed E-state index contributed by atoms with van der Waals surface area (Å²) in [6.45, 7) is 4.42. The molecule has 2 N–H and O–H groups in total. The van der Waals surface area contributed by atoms with Crippen molar-refractivity contribution in [3.63, 3.8) is 0 Å². The van der Waals surface area contributed by atoms with Gasteiger partial charge in [0.1, 0.15) is 0 Å². The first-order chi connectivity index (χ1) is 5.31. The molecule has 3 heteroatoms. The van der Waals surface area contributed by atoms with Crippen LogP contribution in [0, 0.1) is 0 Å². The van der Waals surface area contributed by atoms with Crippen molar-refractivity contribution in [2.24, 2.45) is 5.73 Å². The van der Waals surface area contributed by atoms with E-state index in [9.17, 15) is 0 Å². The van der Waals surface area contributed by atoms with Crippen molar-refractivity contribution in [2.45, 2.75) is 37.2 Å². The molecule has 0 saturated heterocycles. The molecule has 11 heavy (non-hydrogen) atoms. The van der Waals surface area contributed by atoms with E-state index in [-0.39, 0.29) is 21.1 Å². The van der Waals surface area contributed by atoms with E-state index < -0.39 is 0 Å². The van der Waals surface area contributed by atoms with Crippen LogP contribution in [0.4, 0.5) is 0 Å². The third-order valence-electron chi connectivity index (χ3n) is 1.62. The van der Waals surface area contributed by atoms with Crippen LogP contribution in [0.15, 0.2) is 0 Å². The van der Waals surface area contributed by atoms with Crippen LogP contribution in [-0.4, -0.2) is 36.7 Å². The monoisotopic (exact) mass is 281 g/mol. The van der Waals surface area contributed by atoms with Crippen molar-refractivity contribution >= 4 is 32.9 Å². The van der Waals surface area contributed by atoms with Gasteiger partial charge in [0.15, 0.2) is 0 Å². The van der Waals surface area contributed by atoms with Gasteiger partial charge in [0.05, 0.1) is 0 Å². The van der Waals surface area contributed by atoms with Gasteiger partial charge >= 0.3 is 85.3 Å². The van der Waals surface area contributed by atoms with Crippen LogP contribution in [0.25, 0.3) is 0 Å². The second-order valence-electron chi connectivity index (χ2n) is 2.59. The molecular formula is C8H19NSSn+2.